The molecule has 3 nitrogen and oxygen atoms in total. The summed E-state index contributed by atoms with van der Waals surface area (Å²) in [5.74, 6) is 0. The molecule has 1 N–H and O–H groups in total. The van der Waals surface area contributed by atoms with Crippen molar-refractivity contribution in [2.24, 2.45) is 0 Å². The Balaban J connectivity index is 2.62. The molecular weight excluding hydrogens is 368 g/mol. The SMILES string of the molecule is O=S(=O)(NCCF)c1ccc(I)c2ccccc12. The lowest BCUT2D eigenvalue weighted by molar-refractivity contribution is 0.487. The van der Waals surface area contributed by atoms with Gasteiger partial charge in [-0.3, -0.25) is 0 Å². The van der Waals surface area contributed by atoms with Crippen LogP contribution in [-0.4, -0.2) is 21.6 Å². The minimum absolute atomic E-state index is 0.187. The summed E-state index contributed by atoms with van der Waals surface area (Å²) in [7, 11) is -3.66. The molecule has 0 saturated carbocycles. The molecule has 18 heavy (non-hydrogen) atoms. The third-order valence-electron chi connectivity index (χ3n) is 2.51. The van der Waals surface area contributed by atoms with E-state index in [1.807, 2.05) is 12.1 Å². The molecule has 0 aliphatic rings. The first-order chi connectivity index (χ1) is 8.56. The molecule has 0 saturated heterocycles. The average Bonchev–Trinajstić information content (AvgIpc) is 2.37. The quantitative estimate of drug-likeness (QED) is 0.831. The highest BCUT2D eigenvalue weighted by Gasteiger charge is 2.17. The Kier molecular flexibility index (Phi) is 4.18. The standard InChI is InChI=1S/C12H11FINO2S/c13-7-8-15-18(16,17)12-6-5-11(14)9-3-1-2-4-10(9)12/h1-6,15H,7-8H2. The van der Waals surface area contributed by atoms with Crippen molar-refractivity contribution < 1.29 is 12.8 Å². The molecule has 0 amide bonds. The number of rotatable bonds is 4. The molecule has 0 heterocycles. The fourth-order valence-corrected chi connectivity index (χ4v) is 3.59. The van der Waals surface area contributed by atoms with Crippen LogP contribution < -0.4 is 4.72 Å². The Labute approximate surface area is 119 Å². The molecule has 2 aromatic rings. The van der Waals surface area contributed by atoms with E-state index in [9.17, 15) is 12.8 Å². The van der Waals surface area contributed by atoms with Gasteiger partial charge in [-0.25, -0.2) is 17.5 Å². The summed E-state index contributed by atoms with van der Waals surface area (Å²) in [4.78, 5) is 0.187. The minimum Gasteiger partial charge on any atom is -0.250 e. The van der Waals surface area contributed by atoms with Crippen LogP contribution in [0.4, 0.5) is 4.39 Å². The van der Waals surface area contributed by atoms with Gasteiger partial charge >= 0.3 is 0 Å². The van der Waals surface area contributed by atoms with E-state index < -0.39 is 16.7 Å². The van der Waals surface area contributed by atoms with Crippen LogP contribution in [0.2, 0.25) is 0 Å². The third kappa shape index (κ3) is 2.65. The Morgan fingerprint density at radius 3 is 2.44 bits per heavy atom. The summed E-state index contributed by atoms with van der Waals surface area (Å²) < 4.78 is 39.4. The maximum atomic E-state index is 12.1. The van der Waals surface area contributed by atoms with Gasteiger partial charge in [0.1, 0.15) is 6.67 Å². The topological polar surface area (TPSA) is 46.2 Å². The number of fused-ring (bicyclic) bond motifs is 1. The van der Waals surface area contributed by atoms with Crippen LogP contribution in [0.1, 0.15) is 0 Å². The molecule has 0 aliphatic carbocycles. The van der Waals surface area contributed by atoms with Gasteiger partial charge in [0.15, 0.2) is 0 Å². The van der Waals surface area contributed by atoms with Crippen molar-refractivity contribution in [2.75, 3.05) is 13.2 Å². The van der Waals surface area contributed by atoms with Gasteiger partial charge in [0.05, 0.1) is 4.90 Å². The third-order valence-corrected chi connectivity index (χ3v) is 4.97. The zero-order valence-electron chi connectivity index (χ0n) is 9.36. The van der Waals surface area contributed by atoms with Gasteiger partial charge in [-0.05, 0) is 40.1 Å². The van der Waals surface area contributed by atoms with Crippen molar-refractivity contribution >= 4 is 43.4 Å². The highest BCUT2D eigenvalue weighted by molar-refractivity contribution is 14.1. The molecule has 0 unspecified atom stereocenters. The first-order valence-corrected chi connectivity index (χ1v) is 7.85. The Hall–Kier alpha value is -0.730. The maximum absolute atomic E-state index is 12.1. The van der Waals surface area contributed by atoms with Gasteiger partial charge in [0, 0.05) is 15.5 Å². The van der Waals surface area contributed by atoms with Crippen LogP contribution in [-0.2, 0) is 10.0 Å². The molecule has 0 atom stereocenters. The summed E-state index contributed by atoms with van der Waals surface area (Å²) in [6, 6.07) is 10.5. The average molecular weight is 379 g/mol. The van der Waals surface area contributed by atoms with E-state index in [0.717, 1.165) is 8.96 Å². The monoisotopic (exact) mass is 379 g/mol. The second-order valence-corrected chi connectivity index (χ2v) is 6.58. The molecule has 2 aromatic carbocycles. The first-order valence-electron chi connectivity index (χ1n) is 5.29. The van der Waals surface area contributed by atoms with E-state index in [1.165, 1.54) is 0 Å². The van der Waals surface area contributed by atoms with Crippen LogP contribution in [0.25, 0.3) is 10.8 Å². The number of hydrogen-bond donors (Lipinski definition) is 1. The first kappa shape index (κ1) is 13.7. The lowest BCUT2D eigenvalue weighted by atomic mass is 10.1. The minimum atomic E-state index is -3.66. The number of nitrogens with one attached hydrogen (secondary N) is 1. The van der Waals surface area contributed by atoms with Gasteiger partial charge in [-0.15, -0.1) is 0 Å². The van der Waals surface area contributed by atoms with E-state index >= 15 is 0 Å². The number of sulfonamides is 1. The molecule has 0 aliphatic heterocycles. The van der Waals surface area contributed by atoms with Gasteiger partial charge < -0.3 is 0 Å². The lowest BCUT2D eigenvalue weighted by Crippen LogP contribution is -2.26. The molecule has 0 fully saturated rings. The van der Waals surface area contributed by atoms with Gasteiger partial charge in [-0.1, -0.05) is 24.3 Å². The highest BCUT2D eigenvalue weighted by atomic mass is 127. The van der Waals surface area contributed by atoms with Crippen molar-refractivity contribution in [3.05, 3.63) is 40.0 Å². The lowest BCUT2D eigenvalue weighted by Gasteiger charge is -2.09. The summed E-state index contributed by atoms with van der Waals surface area (Å²) in [5, 5.41) is 1.52. The number of alkyl halides is 1. The van der Waals surface area contributed by atoms with Crippen molar-refractivity contribution in [2.45, 2.75) is 4.90 Å². The number of benzene rings is 2. The van der Waals surface area contributed by atoms with Crippen LogP contribution in [0, 0.1) is 3.57 Å². The Bertz CT molecular complexity index is 673. The highest BCUT2D eigenvalue weighted by Crippen LogP contribution is 2.26. The second kappa shape index (κ2) is 5.50. The van der Waals surface area contributed by atoms with Crippen LogP contribution in [0.5, 0.6) is 0 Å². The second-order valence-electron chi connectivity index (χ2n) is 3.68. The largest absolute Gasteiger partial charge is 0.250 e. The van der Waals surface area contributed by atoms with Gasteiger partial charge in [-0.2, -0.15) is 0 Å². The fourth-order valence-electron chi connectivity index (χ4n) is 1.72. The molecule has 0 spiro atoms. The van der Waals surface area contributed by atoms with Crippen LogP contribution in [0.3, 0.4) is 0 Å². The summed E-state index contributed by atoms with van der Waals surface area (Å²) in [5.41, 5.74) is 0. The Morgan fingerprint density at radius 2 is 1.78 bits per heavy atom. The van der Waals surface area contributed by atoms with Crippen LogP contribution >= 0.6 is 22.6 Å². The summed E-state index contributed by atoms with van der Waals surface area (Å²) in [6.07, 6.45) is 0. The predicted octanol–water partition coefficient (Wildman–Crippen LogP) is 2.69. The van der Waals surface area contributed by atoms with Crippen molar-refractivity contribution in [3.8, 4) is 0 Å². The molecule has 0 aromatic heterocycles. The zero-order valence-corrected chi connectivity index (χ0v) is 12.3. The fraction of sp³-hybridized carbons (Fsp3) is 0.167. The van der Waals surface area contributed by atoms with E-state index in [1.54, 1.807) is 24.3 Å². The van der Waals surface area contributed by atoms with E-state index in [-0.39, 0.29) is 11.4 Å². The van der Waals surface area contributed by atoms with Gasteiger partial charge in [0.2, 0.25) is 10.0 Å². The molecule has 2 rings (SSSR count). The van der Waals surface area contributed by atoms with Crippen molar-refractivity contribution in [3.63, 3.8) is 0 Å². The van der Waals surface area contributed by atoms with E-state index in [2.05, 4.69) is 27.3 Å². The van der Waals surface area contributed by atoms with Crippen molar-refractivity contribution in [1.29, 1.82) is 0 Å². The normalized spacial score (nSPS) is 11.9. The van der Waals surface area contributed by atoms with Crippen LogP contribution in [0.15, 0.2) is 41.3 Å². The number of halogens is 2. The summed E-state index contributed by atoms with van der Waals surface area (Å²) >= 11 is 2.16. The Morgan fingerprint density at radius 1 is 1.11 bits per heavy atom. The molecule has 0 radical (unpaired) electrons. The molecular formula is C12H11FINO2S. The summed E-state index contributed by atoms with van der Waals surface area (Å²) in [6.45, 7) is -0.926. The maximum Gasteiger partial charge on any atom is 0.241 e. The molecule has 96 valence electrons. The predicted molar refractivity (Wildman–Crippen MR) is 77.8 cm³/mol. The van der Waals surface area contributed by atoms with E-state index in [0.29, 0.717) is 5.39 Å². The van der Waals surface area contributed by atoms with E-state index in [4.69, 9.17) is 0 Å². The smallest absolute Gasteiger partial charge is 0.241 e. The van der Waals surface area contributed by atoms with Gasteiger partial charge in [0.25, 0.3) is 0 Å². The van der Waals surface area contributed by atoms with Crippen molar-refractivity contribution in [1.82, 2.24) is 4.72 Å². The zero-order chi connectivity index (χ0) is 13.2. The molecule has 0 bridgehead atoms. The number of hydrogen-bond acceptors (Lipinski definition) is 2. The molecule has 6 heteroatoms.